The second-order valence-electron chi connectivity index (χ2n) is 13.6. The molecule has 8 atom stereocenters. The Bertz CT molecular complexity index is 1620. The summed E-state index contributed by atoms with van der Waals surface area (Å²) in [6.07, 6.45) is 6.20. The molecule has 0 aliphatic carbocycles. The summed E-state index contributed by atoms with van der Waals surface area (Å²) in [5.74, 6) is -3.34. The SMILES string of the molecule is COc1ccc(N2C/C=C\CCC(=O)N(C)[C@H](C)[C@@H](c3ccccc3)OC(=O)[C@@H]3[C@@H]4C=C[C@]5(O4)[C@H](C2=O)N([C@@H](CO)C(C)C)C(=O)[C@@H]35)cc1. The van der Waals surface area contributed by atoms with Crippen LogP contribution in [0.2, 0.25) is 0 Å². The number of anilines is 1. The molecule has 2 aromatic carbocycles. The molecule has 11 heteroatoms. The fourth-order valence-corrected chi connectivity index (χ4v) is 7.77. The molecule has 260 valence electrons. The van der Waals surface area contributed by atoms with E-state index in [-0.39, 0.29) is 31.4 Å². The van der Waals surface area contributed by atoms with Crippen LogP contribution in [0.25, 0.3) is 0 Å². The third-order valence-electron chi connectivity index (χ3n) is 10.6. The van der Waals surface area contributed by atoms with Crippen molar-refractivity contribution in [3.8, 4) is 5.75 Å². The minimum absolute atomic E-state index is 0.125. The van der Waals surface area contributed by atoms with Gasteiger partial charge in [0.2, 0.25) is 11.8 Å². The van der Waals surface area contributed by atoms with E-state index in [1.54, 1.807) is 60.4 Å². The lowest BCUT2D eigenvalue weighted by molar-refractivity contribution is -0.164. The predicted molar refractivity (Wildman–Crippen MR) is 181 cm³/mol. The van der Waals surface area contributed by atoms with E-state index in [0.717, 1.165) is 0 Å². The fourth-order valence-electron chi connectivity index (χ4n) is 7.77. The van der Waals surface area contributed by atoms with Crippen molar-refractivity contribution in [3.05, 3.63) is 84.5 Å². The molecule has 6 rings (SSSR count). The van der Waals surface area contributed by atoms with Crippen LogP contribution in [-0.2, 0) is 28.7 Å². The summed E-state index contributed by atoms with van der Waals surface area (Å²) in [5, 5.41) is 10.6. The van der Waals surface area contributed by atoms with Crippen molar-refractivity contribution >= 4 is 29.4 Å². The number of amides is 3. The average Bonchev–Trinajstić information content (AvgIpc) is 3.75. The molecule has 1 spiro atoms. The van der Waals surface area contributed by atoms with Crippen molar-refractivity contribution in [1.82, 2.24) is 9.80 Å². The average molecular weight is 672 g/mol. The van der Waals surface area contributed by atoms with Gasteiger partial charge in [0.15, 0.2) is 0 Å². The molecule has 5 bridgehead atoms. The van der Waals surface area contributed by atoms with Crippen LogP contribution in [0, 0.1) is 17.8 Å². The zero-order valence-electron chi connectivity index (χ0n) is 28.6. The lowest BCUT2D eigenvalue weighted by Gasteiger charge is -2.40. The molecule has 0 unspecified atom stereocenters. The van der Waals surface area contributed by atoms with Crippen LogP contribution in [0.4, 0.5) is 5.69 Å². The number of likely N-dealkylation sites (N-methyl/N-ethyl adjacent to an activating group) is 1. The molecule has 3 amide bonds. The Labute approximate surface area is 287 Å². The smallest absolute Gasteiger partial charge is 0.313 e. The van der Waals surface area contributed by atoms with E-state index < -0.39 is 65.6 Å². The zero-order chi connectivity index (χ0) is 35.0. The van der Waals surface area contributed by atoms with Gasteiger partial charge in [-0.15, -0.1) is 0 Å². The summed E-state index contributed by atoms with van der Waals surface area (Å²) in [7, 11) is 3.25. The number of ether oxygens (including phenoxy) is 3. The molecule has 4 heterocycles. The molecule has 2 aromatic rings. The van der Waals surface area contributed by atoms with Gasteiger partial charge < -0.3 is 34.0 Å². The summed E-state index contributed by atoms with van der Waals surface area (Å²) in [5.41, 5.74) is -0.195. The van der Waals surface area contributed by atoms with Crippen LogP contribution < -0.4 is 9.64 Å². The highest BCUT2D eigenvalue weighted by atomic mass is 16.6. The summed E-state index contributed by atoms with van der Waals surface area (Å²) < 4.78 is 18.2. The number of aliphatic hydroxyl groups is 1. The van der Waals surface area contributed by atoms with Crippen molar-refractivity contribution < 1.29 is 38.5 Å². The van der Waals surface area contributed by atoms with Gasteiger partial charge in [0, 0.05) is 25.7 Å². The summed E-state index contributed by atoms with van der Waals surface area (Å²) >= 11 is 0. The minimum Gasteiger partial charge on any atom is -0.497 e. The molecule has 49 heavy (non-hydrogen) atoms. The summed E-state index contributed by atoms with van der Waals surface area (Å²) in [6, 6.07) is 13.8. The number of carbonyl (C=O) groups excluding carboxylic acids is 4. The Kier molecular flexibility index (Phi) is 9.68. The van der Waals surface area contributed by atoms with Crippen molar-refractivity contribution in [3.63, 3.8) is 0 Å². The van der Waals surface area contributed by atoms with E-state index in [1.165, 1.54) is 4.90 Å². The van der Waals surface area contributed by atoms with Gasteiger partial charge in [-0.3, -0.25) is 19.2 Å². The van der Waals surface area contributed by atoms with Gasteiger partial charge >= 0.3 is 5.97 Å². The van der Waals surface area contributed by atoms with Gasteiger partial charge in [0.05, 0.1) is 37.8 Å². The molecule has 2 fully saturated rings. The largest absolute Gasteiger partial charge is 0.497 e. The number of likely N-dealkylation sites (tertiary alicyclic amines) is 1. The Morgan fingerprint density at radius 2 is 1.71 bits per heavy atom. The topological polar surface area (TPSA) is 126 Å². The molecule has 2 saturated heterocycles. The number of esters is 1. The Morgan fingerprint density at radius 1 is 1.00 bits per heavy atom. The van der Waals surface area contributed by atoms with Crippen LogP contribution in [0.3, 0.4) is 0 Å². The number of hydrogen-bond acceptors (Lipinski definition) is 8. The number of hydrogen-bond donors (Lipinski definition) is 1. The molecular formula is C38H45N3O8. The maximum Gasteiger partial charge on any atom is 0.313 e. The van der Waals surface area contributed by atoms with Crippen LogP contribution in [0.5, 0.6) is 5.75 Å². The van der Waals surface area contributed by atoms with E-state index >= 15 is 4.79 Å². The number of nitrogens with zero attached hydrogens (tertiary/aromatic N) is 3. The standard InChI is InChI=1S/C38H45N3O8/c1-23(2)28(22-42)41-34-36(45)40(26-15-17-27(47-5)18-16-26)21-11-7-10-14-30(43)39(4)24(3)33(25-12-8-6-9-13-25)48-37(46)31-29-19-20-38(34,49-29)32(31)35(41)44/h6-9,11-13,15-20,23-24,28-29,31-34,42H,10,14,21-22H2,1-5H3/b11-7-/t24-,28+,29+,31-,32-,33+,34+,38-/m1/s1. The second-order valence-corrected chi connectivity index (χ2v) is 13.6. The number of carbonyl (C=O) groups is 4. The van der Waals surface area contributed by atoms with E-state index in [4.69, 9.17) is 14.2 Å². The maximum atomic E-state index is 15.0. The van der Waals surface area contributed by atoms with E-state index in [1.807, 2.05) is 63.3 Å². The van der Waals surface area contributed by atoms with Gasteiger partial charge in [-0.05, 0) is 49.1 Å². The molecule has 1 N–H and O–H groups in total. The first-order valence-electron chi connectivity index (χ1n) is 17.0. The molecule has 4 aliphatic heterocycles. The molecule has 0 radical (unpaired) electrons. The zero-order valence-corrected chi connectivity index (χ0v) is 28.6. The van der Waals surface area contributed by atoms with Gasteiger partial charge in [0.1, 0.15) is 29.4 Å². The first-order valence-corrected chi connectivity index (χ1v) is 17.0. The Balaban J connectivity index is 1.49. The monoisotopic (exact) mass is 671 g/mol. The number of benzene rings is 2. The number of fused-ring (bicyclic) bond motifs is 2. The summed E-state index contributed by atoms with van der Waals surface area (Å²) in [4.78, 5) is 62.1. The number of methoxy groups -OCH3 is 1. The highest BCUT2D eigenvalue weighted by molar-refractivity contribution is 6.05. The van der Waals surface area contributed by atoms with Crippen molar-refractivity contribution in [2.24, 2.45) is 17.8 Å². The molecule has 4 aliphatic rings. The predicted octanol–water partition coefficient (Wildman–Crippen LogP) is 3.68. The number of aliphatic hydroxyl groups excluding tert-OH is 1. The van der Waals surface area contributed by atoms with E-state index in [9.17, 15) is 19.5 Å². The lowest BCUT2D eigenvalue weighted by atomic mass is 9.74. The number of rotatable bonds is 6. The van der Waals surface area contributed by atoms with E-state index in [0.29, 0.717) is 23.4 Å². The highest BCUT2D eigenvalue weighted by Gasteiger charge is 2.74. The van der Waals surface area contributed by atoms with Crippen molar-refractivity contribution in [1.29, 1.82) is 0 Å². The Morgan fingerprint density at radius 3 is 2.37 bits per heavy atom. The molecule has 0 aromatic heterocycles. The van der Waals surface area contributed by atoms with Crippen LogP contribution in [0.15, 0.2) is 78.9 Å². The quantitative estimate of drug-likeness (QED) is 0.365. The van der Waals surface area contributed by atoms with Gasteiger partial charge in [-0.1, -0.05) is 68.5 Å². The molecule has 11 nitrogen and oxygen atoms in total. The third-order valence-corrected chi connectivity index (χ3v) is 10.6. The molecular weight excluding hydrogens is 626 g/mol. The lowest BCUT2D eigenvalue weighted by Crippen LogP contribution is -2.59. The second kappa shape index (κ2) is 13.8. The first kappa shape index (κ1) is 34.4. The third kappa shape index (κ3) is 5.93. The van der Waals surface area contributed by atoms with Gasteiger partial charge in [-0.25, -0.2) is 0 Å². The van der Waals surface area contributed by atoms with Crippen LogP contribution in [0.1, 0.15) is 45.3 Å². The van der Waals surface area contributed by atoms with Crippen LogP contribution >= 0.6 is 0 Å². The normalized spacial score (nSPS) is 31.7. The number of allylic oxidation sites excluding steroid dienone is 1. The van der Waals surface area contributed by atoms with Gasteiger partial charge in [0.25, 0.3) is 5.91 Å². The maximum absolute atomic E-state index is 15.0. The highest BCUT2D eigenvalue weighted by Crippen LogP contribution is 2.56. The fraction of sp³-hybridized carbons (Fsp3) is 0.474. The molecule has 0 saturated carbocycles. The van der Waals surface area contributed by atoms with Gasteiger partial charge in [-0.2, -0.15) is 0 Å². The Hall–Kier alpha value is -4.48. The number of cyclic esters (lactones) is 1. The summed E-state index contributed by atoms with van der Waals surface area (Å²) in [6.45, 7) is 5.37. The first-order chi connectivity index (χ1) is 23.5. The van der Waals surface area contributed by atoms with Crippen LogP contribution in [-0.4, -0.2) is 95.7 Å². The minimum atomic E-state index is -1.46. The van der Waals surface area contributed by atoms with E-state index in [2.05, 4.69) is 0 Å². The van der Waals surface area contributed by atoms with Crippen molar-refractivity contribution in [2.45, 2.75) is 69.5 Å². The van der Waals surface area contributed by atoms with Crippen molar-refractivity contribution in [2.75, 3.05) is 32.2 Å².